The summed E-state index contributed by atoms with van der Waals surface area (Å²) >= 11 is 6.91. The average molecular weight is 374 g/mol. The summed E-state index contributed by atoms with van der Waals surface area (Å²) in [5, 5.41) is 3.13. The number of methoxy groups -OCH3 is 1. The van der Waals surface area contributed by atoms with E-state index in [1.807, 2.05) is 18.2 Å². The van der Waals surface area contributed by atoms with Gasteiger partial charge in [0, 0.05) is 8.95 Å². The summed E-state index contributed by atoms with van der Waals surface area (Å²) < 4.78 is 6.84. The summed E-state index contributed by atoms with van der Waals surface area (Å²) in [4.78, 5) is 8.02. The molecule has 0 saturated heterocycles. The second kappa shape index (κ2) is 5.53. The molecule has 7 heteroatoms. The van der Waals surface area contributed by atoms with Gasteiger partial charge < -0.3 is 15.8 Å². The lowest BCUT2D eigenvalue weighted by molar-refractivity contribution is 0.399. The Balaban J connectivity index is 2.40. The minimum Gasteiger partial charge on any atom is -0.479 e. The first-order chi connectivity index (χ1) is 8.63. The fraction of sp³-hybridized carbons (Fsp3) is 0.0909. The number of hydrogen-bond acceptors (Lipinski definition) is 5. The molecule has 0 atom stereocenters. The van der Waals surface area contributed by atoms with E-state index in [9.17, 15) is 0 Å². The molecule has 0 fully saturated rings. The van der Waals surface area contributed by atoms with Crippen molar-refractivity contribution in [3.8, 4) is 5.88 Å². The van der Waals surface area contributed by atoms with Gasteiger partial charge in [-0.15, -0.1) is 0 Å². The molecule has 0 aliphatic carbocycles. The van der Waals surface area contributed by atoms with E-state index >= 15 is 0 Å². The van der Waals surface area contributed by atoms with Crippen molar-refractivity contribution in [1.29, 1.82) is 0 Å². The van der Waals surface area contributed by atoms with Crippen LogP contribution in [0.3, 0.4) is 0 Å². The fourth-order valence-electron chi connectivity index (χ4n) is 1.38. The highest BCUT2D eigenvalue weighted by Crippen LogP contribution is 2.35. The standard InChI is InChI=1S/C11H10Br2N4O/c1-18-11-8(14)10(15-5-16-11)17-9-6(12)3-2-4-7(9)13/h2-5H,14H2,1H3,(H,15,16,17). The Bertz CT molecular complexity index is 557. The van der Waals surface area contributed by atoms with Gasteiger partial charge in [-0.1, -0.05) is 6.07 Å². The maximum absolute atomic E-state index is 5.90. The van der Waals surface area contributed by atoms with Crippen LogP contribution in [0, 0.1) is 0 Å². The number of nitrogens with two attached hydrogens (primary N) is 1. The number of aromatic nitrogens is 2. The molecule has 3 N–H and O–H groups in total. The number of nitrogens with zero attached hydrogens (tertiary/aromatic N) is 2. The third-order valence-corrected chi connectivity index (χ3v) is 3.57. The van der Waals surface area contributed by atoms with Crippen LogP contribution >= 0.6 is 31.9 Å². The van der Waals surface area contributed by atoms with E-state index in [0.717, 1.165) is 14.6 Å². The molecule has 1 heterocycles. The zero-order valence-electron chi connectivity index (χ0n) is 9.45. The van der Waals surface area contributed by atoms with E-state index in [4.69, 9.17) is 10.5 Å². The topological polar surface area (TPSA) is 73.1 Å². The second-order valence-electron chi connectivity index (χ2n) is 3.37. The molecule has 1 aromatic carbocycles. The van der Waals surface area contributed by atoms with Crippen LogP contribution in [0.15, 0.2) is 33.5 Å². The fourth-order valence-corrected chi connectivity index (χ4v) is 2.57. The Morgan fingerprint density at radius 3 is 2.50 bits per heavy atom. The molecule has 0 spiro atoms. The molecule has 2 rings (SSSR count). The van der Waals surface area contributed by atoms with Crippen molar-refractivity contribution in [1.82, 2.24) is 9.97 Å². The SMILES string of the molecule is COc1ncnc(Nc2c(Br)cccc2Br)c1N. The molecule has 0 aliphatic rings. The largest absolute Gasteiger partial charge is 0.479 e. The van der Waals surface area contributed by atoms with E-state index in [1.165, 1.54) is 13.4 Å². The van der Waals surface area contributed by atoms with E-state index in [-0.39, 0.29) is 0 Å². The normalized spacial score (nSPS) is 10.2. The maximum atomic E-state index is 5.90. The van der Waals surface area contributed by atoms with Gasteiger partial charge >= 0.3 is 0 Å². The smallest absolute Gasteiger partial charge is 0.242 e. The summed E-state index contributed by atoms with van der Waals surface area (Å²) in [5.74, 6) is 0.838. The summed E-state index contributed by atoms with van der Waals surface area (Å²) in [5.41, 5.74) is 7.10. The van der Waals surface area contributed by atoms with Gasteiger partial charge in [0.2, 0.25) is 5.88 Å². The molecule has 0 radical (unpaired) electrons. The molecule has 5 nitrogen and oxygen atoms in total. The van der Waals surface area contributed by atoms with Crippen molar-refractivity contribution in [2.24, 2.45) is 0 Å². The van der Waals surface area contributed by atoms with Crippen LogP contribution in [0.4, 0.5) is 17.2 Å². The van der Waals surface area contributed by atoms with Crippen LogP contribution in [0.1, 0.15) is 0 Å². The van der Waals surface area contributed by atoms with Crippen LogP contribution in [-0.4, -0.2) is 17.1 Å². The number of hydrogen-bond donors (Lipinski definition) is 2. The van der Waals surface area contributed by atoms with Crippen LogP contribution in [-0.2, 0) is 0 Å². The van der Waals surface area contributed by atoms with Crippen molar-refractivity contribution >= 4 is 49.1 Å². The Morgan fingerprint density at radius 1 is 1.22 bits per heavy atom. The number of anilines is 3. The molecule has 0 unspecified atom stereocenters. The van der Waals surface area contributed by atoms with Crippen molar-refractivity contribution in [2.75, 3.05) is 18.2 Å². The van der Waals surface area contributed by atoms with Crippen LogP contribution in [0.5, 0.6) is 5.88 Å². The molecule has 1 aromatic heterocycles. The molecular weight excluding hydrogens is 364 g/mol. The first-order valence-corrected chi connectivity index (χ1v) is 6.57. The molecule has 0 saturated carbocycles. The zero-order chi connectivity index (χ0) is 13.1. The van der Waals surface area contributed by atoms with E-state index in [2.05, 4.69) is 47.1 Å². The molecule has 94 valence electrons. The first-order valence-electron chi connectivity index (χ1n) is 4.99. The Morgan fingerprint density at radius 2 is 1.89 bits per heavy atom. The molecular formula is C11H10Br2N4O. The van der Waals surface area contributed by atoms with Crippen molar-refractivity contribution in [3.63, 3.8) is 0 Å². The van der Waals surface area contributed by atoms with Crippen molar-refractivity contribution < 1.29 is 4.74 Å². The lowest BCUT2D eigenvalue weighted by Crippen LogP contribution is -2.03. The average Bonchev–Trinajstić information content (AvgIpc) is 2.36. The second-order valence-corrected chi connectivity index (χ2v) is 5.08. The lowest BCUT2D eigenvalue weighted by atomic mass is 10.3. The molecule has 0 amide bonds. The van der Waals surface area contributed by atoms with Crippen LogP contribution < -0.4 is 15.8 Å². The van der Waals surface area contributed by atoms with Gasteiger partial charge in [-0.3, -0.25) is 0 Å². The van der Waals surface area contributed by atoms with Crippen LogP contribution in [0.25, 0.3) is 0 Å². The summed E-state index contributed by atoms with van der Waals surface area (Å²) in [6.07, 6.45) is 1.39. The van der Waals surface area contributed by atoms with Gasteiger partial charge in [0.15, 0.2) is 5.82 Å². The minimum atomic E-state index is 0.343. The number of rotatable bonds is 3. The highest BCUT2D eigenvalue weighted by atomic mass is 79.9. The van der Waals surface area contributed by atoms with Gasteiger partial charge in [-0.25, -0.2) is 4.98 Å². The van der Waals surface area contributed by atoms with E-state index in [0.29, 0.717) is 17.4 Å². The van der Waals surface area contributed by atoms with E-state index in [1.54, 1.807) is 0 Å². The number of para-hydroxylation sites is 1. The van der Waals surface area contributed by atoms with Crippen molar-refractivity contribution in [3.05, 3.63) is 33.5 Å². The van der Waals surface area contributed by atoms with Gasteiger partial charge in [0.25, 0.3) is 0 Å². The summed E-state index contributed by atoms with van der Waals surface area (Å²) in [6, 6.07) is 5.76. The lowest BCUT2D eigenvalue weighted by Gasteiger charge is -2.12. The number of halogens is 2. The highest BCUT2D eigenvalue weighted by molar-refractivity contribution is 9.11. The maximum Gasteiger partial charge on any atom is 0.242 e. The van der Waals surface area contributed by atoms with Crippen LogP contribution in [0.2, 0.25) is 0 Å². The third kappa shape index (κ3) is 2.56. The zero-order valence-corrected chi connectivity index (χ0v) is 12.6. The predicted molar refractivity (Wildman–Crippen MR) is 78.1 cm³/mol. The monoisotopic (exact) mass is 372 g/mol. The first kappa shape index (κ1) is 13.1. The van der Waals surface area contributed by atoms with E-state index < -0.39 is 0 Å². The third-order valence-electron chi connectivity index (χ3n) is 2.25. The van der Waals surface area contributed by atoms with Gasteiger partial charge in [0.1, 0.15) is 12.0 Å². The van der Waals surface area contributed by atoms with Gasteiger partial charge in [0.05, 0.1) is 12.8 Å². The summed E-state index contributed by atoms with van der Waals surface area (Å²) in [6.45, 7) is 0. The molecule has 0 bridgehead atoms. The number of benzene rings is 1. The van der Waals surface area contributed by atoms with Gasteiger partial charge in [-0.05, 0) is 44.0 Å². The number of ether oxygens (including phenoxy) is 1. The predicted octanol–water partition coefficient (Wildman–Crippen LogP) is 3.34. The molecule has 18 heavy (non-hydrogen) atoms. The quantitative estimate of drug-likeness (QED) is 0.863. The number of nitrogen functional groups attached to an aromatic ring is 1. The highest BCUT2D eigenvalue weighted by Gasteiger charge is 2.11. The number of nitrogens with one attached hydrogen (secondary N) is 1. The molecule has 0 aliphatic heterocycles. The van der Waals surface area contributed by atoms with Gasteiger partial charge in [-0.2, -0.15) is 4.98 Å². The molecule has 2 aromatic rings. The minimum absolute atomic E-state index is 0.343. The Hall–Kier alpha value is -1.34. The Labute approximate surface area is 121 Å². The summed E-state index contributed by atoms with van der Waals surface area (Å²) in [7, 11) is 1.51. The van der Waals surface area contributed by atoms with Crippen molar-refractivity contribution in [2.45, 2.75) is 0 Å². The Kier molecular flexibility index (Phi) is 4.03.